The maximum absolute atomic E-state index is 11.1. The van der Waals surface area contributed by atoms with Gasteiger partial charge < -0.3 is 29.8 Å². The standard InChI is InChI=1S/C24H31N7O2/c1-25-23-20-21(31(5)14-26-20)18-13-19(27-22(18)28-23)16-8-6-7-15(11-16)12-17(29(2)3)9-10-30(4)24(32)33/h6-8,11,13-14,17H,9-10,12H2,1-5H3,(H,32,33)(H2,25,27,28). The number of carbonyl (C=O) groups is 1. The summed E-state index contributed by atoms with van der Waals surface area (Å²) in [7, 11) is 9.53. The summed E-state index contributed by atoms with van der Waals surface area (Å²) in [5.41, 5.74) is 6.01. The highest BCUT2D eigenvalue weighted by atomic mass is 16.4. The highest BCUT2D eigenvalue weighted by Crippen LogP contribution is 2.32. The number of aryl methyl sites for hydroxylation is 1. The van der Waals surface area contributed by atoms with Crippen LogP contribution < -0.4 is 5.32 Å². The summed E-state index contributed by atoms with van der Waals surface area (Å²) in [5.74, 6) is 0.750. The van der Waals surface area contributed by atoms with Crippen LogP contribution in [-0.4, -0.2) is 81.3 Å². The van der Waals surface area contributed by atoms with E-state index in [1.807, 2.05) is 39.1 Å². The fourth-order valence-corrected chi connectivity index (χ4v) is 4.25. The fourth-order valence-electron chi connectivity index (χ4n) is 4.25. The molecule has 0 spiro atoms. The summed E-state index contributed by atoms with van der Waals surface area (Å²) in [6.07, 6.45) is 2.51. The van der Waals surface area contributed by atoms with Gasteiger partial charge in [0.05, 0.1) is 11.8 Å². The lowest BCUT2D eigenvalue weighted by molar-refractivity contribution is 0.150. The minimum atomic E-state index is -0.897. The third kappa shape index (κ3) is 4.49. The third-order valence-corrected chi connectivity index (χ3v) is 6.24. The summed E-state index contributed by atoms with van der Waals surface area (Å²) in [5, 5.41) is 13.3. The van der Waals surface area contributed by atoms with Gasteiger partial charge in [0.2, 0.25) is 0 Å². The van der Waals surface area contributed by atoms with Crippen LogP contribution in [-0.2, 0) is 13.5 Å². The van der Waals surface area contributed by atoms with Crippen molar-refractivity contribution in [3.05, 3.63) is 42.2 Å². The number of hydrogen-bond donors (Lipinski definition) is 3. The van der Waals surface area contributed by atoms with Crippen LogP contribution in [0.2, 0.25) is 0 Å². The Morgan fingerprint density at radius 2 is 2.06 bits per heavy atom. The predicted octanol–water partition coefficient (Wildman–Crippen LogP) is 3.63. The number of aromatic nitrogens is 4. The summed E-state index contributed by atoms with van der Waals surface area (Å²) in [4.78, 5) is 27.3. The molecule has 0 aliphatic carbocycles. The number of carboxylic acid groups (broad SMARTS) is 1. The number of nitrogens with one attached hydrogen (secondary N) is 2. The molecule has 3 heterocycles. The van der Waals surface area contributed by atoms with Gasteiger partial charge in [-0.3, -0.25) is 0 Å². The van der Waals surface area contributed by atoms with Crippen molar-refractivity contribution in [2.75, 3.05) is 40.1 Å². The van der Waals surface area contributed by atoms with Crippen LogP contribution in [0.15, 0.2) is 36.7 Å². The van der Waals surface area contributed by atoms with E-state index >= 15 is 0 Å². The largest absolute Gasteiger partial charge is 0.465 e. The molecule has 4 aromatic rings. The van der Waals surface area contributed by atoms with Gasteiger partial charge in [-0.15, -0.1) is 0 Å². The van der Waals surface area contributed by atoms with Crippen molar-refractivity contribution >= 4 is 34.0 Å². The Balaban J connectivity index is 1.64. The summed E-state index contributed by atoms with van der Waals surface area (Å²) >= 11 is 0. The molecule has 0 aliphatic heterocycles. The van der Waals surface area contributed by atoms with Crippen molar-refractivity contribution in [2.45, 2.75) is 18.9 Å². The van der Waals surface area contributed by atoms with Crippen LogP contribution in [0, 0.1) is 0 Å². The number of nitrogens with zero attached hydrogens (tertiary/aromatic N) is 5. The first kappa shape index (κ1) is 22.6. The van der Waals surface area contributed by atoms with Crippen molar-refractivity contribution in [3.8, 4) is 11.3 Å². The smallest absolute Gasteiger partial charge is 0.407 e. The molecule has 4 rings (SSSR count). The number of pyridine rings is 1. The highest BCUT2D eigenvalue weighted by molar-refractivity contribution is 6.07. The maximum atomic E-state index is 11.1. The molecule has 174 valence electrons. The molecule has 9 nitrogen and oxygen atoms in total. The first-order chi connectivity index (χ1) is 15.8. The molecule has 0 saturated carbocycles. The van der Waals surface area contributed by atoms with Gasteiger partial charge in [-0.05, 0) is 50.2 Å². The van der Waals surface area contributed by atoms with Gasteiger partial charge in [-0.2, -0.15) is 0 Å². The number of aromatic amines is 1. The topological polar surface area (TPSA) is 102 Å². The molecule has 0 radical (unpaired) electrons. The second kappa shape index (κ2) is 9.11. The number of benzene rings is 1. The van der Waals surface area contributed by atoms with Gasteiger partial charge in [-0.25, -0.2) is 14.8 Å². The van der Waals surface area contributed by atoms with Crippen LogP contribution in [0.3, 0.4) is 0 Å². The first-order valence-corrected chi connectivity index (χ1v) is 11.0. The zero-order valence-corrected chi connectivity index (χ0v) is 19.8. The molecule has 9 heteroatoms. The first-order valence-electron chi connectivity index (χ1n) is 11.0. The number of H-pyrrole nitrogens is 1. The summed E-state index contributed by atoms with van der Waals surface area (Å²) < 4.78 is 2.02. The lowest BCUT2D eigenvalue weighted by atomic mass is 9.99. The van der Waals surface area contributed by atoms with Crippen LogP contribution in [0.4, 0.5) is 10.6 Å². The number of fused-ring (bicyclic) bond motifs is 3. The molecule has 3 aromatic heterocycles. The highest BCUT2D eigenvalue weighted by Gasteiger charge is 2.17. The molecule has 1 aromatic carbocycles. The van der Waals surface area contributed by atoms with Crippen molar-refractivity contribution in [1.82, 2.24) is 29.3 Å². The molecule has 1 amide bonds. The van der Waals surface area contributed by atoms with E-state index in [0.717, 1.165) is 52.0 Å². The molecular weight excluding hydrogens is 418 g/mol. The summed E-state index contributed by atoms with van der Waals surface area (Å²) in [6.45, 7) is 0.500. The van der Waals surface area contributed by atoms with Gasteiger partial charge in [0.1, 0.15) is 11.2 Å². The molecule has 0 saturated heterocycles. The van der Waals surface area contributed by atoms with E-state index in [1.165, 1.54) is 10.5 Å². The van der Waals surface area contributed by atoms with Crippen LogP contribution in [0.5, 0.6) is 0 Å². The monoisotopic (exact) mass is 449 g/mol. The number of rotatable bonds is 8. The molecular formula is C24H31N7O2. The Kier molecular flexibility index (Phi) is 6.24. The van der Waals surface area contributed by atoms with Crippen molar-refractivity contribution in [2.24, 2.45) is 7.05 Å². The van der Waals surface area contributed by atoms with Gasteiger partial charge in [0.15, 0.2) is 5.82 Å². The quantitative estimate of drug-likeness (QED) is 0.380. The van der Waals surface area contributed by atoms with Crippen LogP contribution in [0.1, 0.15) is 12.0 Å². The predicted molar refractivity (Wildman–Crippen MR) is 132 cm³/mol. The molecule has 3 N–H and O–H groups in total. The Morgan fingerprint density at radius 1 is 1.27 bits per heavy atom. The number of likely N-dealkylation sites (N-methyl/N-ethyl adjacent to an activating group) is 1. The Hall–Kier alpha value is -3.59. The SMILES string of the molecule is CNc1nc2[nH]c(-c3cccc(CC(CCN(C)C(=O)O)N(C)C)c3)cc2c2c1ncn2C. The molecule has 0 aliphatic rings. The maximum Gasteiger partial charge on any atom is 0.407 e. The average Bonchev–Trinajstić information content (AvgIpc) is 3.39. The number of anilines is 1. The number of amides is 1. The van der Waals surface area contributed by atoms with E-state index in [1.54, 1.807) is 7.05 Å². The van der Waals surface area contributed by atoms with E-state index in [4.69, 9.17) is 10.1 Å². The molecule has 1 atom stereocenters. The lowest BCUT2D eigenvalue weighted by Gasteiger charge is -2.26. The van der Waals surface area contributed by atoms with Gasteiger partial charge >= 0.3 is 6.09 Å². The molecule has 33 heavy (non-hydrogen) atoms. The van der Waals surface area contributed by atoms with Gasteiger partial charge in [0.25, 0.3) is 0 Å². The van der Waals surface area contributed by atoms with Crippen molar-refractivity contribution in [1.29, 1.82) is 0 Å². The Labute approximate surface area is 193 Å². The second-order valence-electron chi connectivity index (χ2n) is 8.72. The number of imidazole rings is 1. The van der Waals surface area contributed by atoms with E-state index < -0.39 is 6.09 Å². The minimum Gasteiger partial charge on any atom is -0.465 e. The van der Waals surface area contributed by atoms with Gasteiger partial charge in [-0.1, -0.05) is 18.2 Å². The second-order valence-corrected chi connectivity index (χ2v) is 8.72. The zero-order valence-electron chi connectivity index (χ0n) is 19.8. The Bertz CT molecular complexity index is 1290. The molecule has 1 unspecified atom stereocenters. The number of hydrogen-bond acceptors (Lipinski definition) is 5. The fraction of sp³-hybridized carbons (Fsp3) is 0.375. The third-order valence-electron chi connectivity index (χ3n) is 6.24. The average molecular weight is 450 g/mol. The van der Waals surface area contributed by atoms with Crippen molar-refractivity contribution < 1.29 is 9.90 Å². The summed E-state index contributed by atoms with van der Waals surface area (Å²) in [6, 6.07) is 10.9. The van der Waals surface area contributed by atoms with E-state index in [2.05, 4.69) is 50.5 Å². The minimum absolute atomic E-state index is 0.235. The van der Waals surface area contributed by atoms with E-state index in [9.17, 15) is 4.79 Å². The van der Waals surface area contributed by atoms with E-state index in [0.29, 0.717) is 6.54 Å². The molecule has 0 bridgehead atoms. The normalized spacial score (nSPS) is 12.5. The van der Waals surface area contributed by atoms with E-state index in [-0.39, 0.29) is 6.04 Å². The van der Waals surface area contributed by atoms with Gasteiger partial charge in [0, 0.05) is 44.8 Å². The Morgan fingerprint density at radius 3 is 2.76 bits per heavy atom. The zero-order chi connectivity index (χ0) is 23.7. The van der Waals surface area contributed by atoms with Crippen molar-refractivity contribution in [3.63, 3.8) is 0 Å². The lowest BCUT2D eigenvalue weighted by Crippen LogP contribution is -2.35. The van der Waals surface area contributed by atoms with Crippen LogP contribution in [0.25, 0.3) is 33.3 Å². The molecule has 0 fully saturated rings. The van der Waals surface area contributed by atoms with Crippen LogP contribution >= 0.6 is 0 Å².